The van der Waals surface area contributed by atoms with Gasteiger partial charge in [-0.15, -0.1) is 11.6 Å². The minimum absolute atomic E-state index is 0.150. The summed E-state index contributed by atoms with van der Waals surface area (Å²) in [6.45, 7) is 2.02. The van der Waals surface area contributed by atoms with Gasteiger partial charge >= 0.3 is 0 Å². The van der Waals surface area contributed by atoms with Crippen molar-refractivity contribution in [2.45, 2.75) is 25.1 Å². The summed E-state index contributed by atoms with van der Waals surface area (Å²) in [5.74, 6) is 0.133. The van der Waals surface area contributed by atoms with E-state index in [4.69, 9.17) is 16.1 Å². The molecule has 3 nitrogen and oxygen atoms in total. The molecule has 1 heterocycles. The Bertz CT molecular complexity index is 547. The summed E-state index contributed by atoms with van der Waals surface area (Å²) in [5.41, 5.74) is 0.275. The van der Waals surface area contributed by atoms with Crippen LogP contribution < -0.4 is 0 Å². The Morgan fingerprint density at radius 2 is 2.28 bits per heavy atom. The summed E-state index contributed by atoms with van der Waals surface area (Å²) < 4.78 is 19.4. The minimum atomic E-state index is -0.416. The molecule has 0 N–H and O–H groups in total. The Kier molecular flexibility index (Phi) is 4.35. The van der Waals surface area contributed by atoms with Crippen LogP contribution in [0.15, 0.2) is 27.2 Å². The lowest BCUT2D eigenvalue weighted by molar-refractivity contribution is 0.418. The summed E-state index contributed by atoms with van der Waals surface area (Å²) in [5, 5.41) is 3.48. The molecule has 1 aromatic heterocycles. The Hall–Kier alpha value is -0.940. The highest BCUT2D eigenvalue weighted by Crippen LogP contribution is 2.28. The van der Waals surface area contributed by atoms with Crippen molar-refractivity contribution in [3.05, 3.63) is 34.3 Å². The summed E-state index contributed by atoms with van der Waals surface area (Å²) in [7, 11) is 0. The van der Waals surface area contributed by atoms with E-state index in [0.717, 1.165) is 12.8 Å². The molecule has 0 radical (unpaired) electrons. The first-order valence-electron chi connectivity index (χ1n) is 5.55. The minimum Gasteiger partial charge on any atom is -0.334 e. The van der Waals surface area contributed by atoms with E-state index in [1.165, 1.54) is 6.07 Å². The Balaban J connectivity index is 2.29. The normalized spacial score (nSPS) is 12.7. The maximum atomic E-state index is 13.7. The van der Waals surface area contributed by atoms with Gasteiger partial charge in [0, 0.05) is 4.47 Å². The van der Waals surface area contributed by atoms with Crippen molar-refractivity contribution in [1.82, 2.24) is 10.1 Å². The van der Waals surface area contributed by atoms with Crippen molar-refractivity contribution >= 4 is 27.5 Å². The second-order valence-electron chi connectivity index (χ2n) is 3.84. The van der Waals surface area contributed by atoms with Gasteiger partial charge in [0.15, 0.2) is 5.82 Å². The largest absolute Gasteiger partial charge is 0.334 e. The third-order valence-electron chi connectivity index (χ3n) is 2.43. The number of aromatic nitrogens is 2. The summed E-state index contributed by atoms with van der Waals surface area (Å²) in [6.07, 6.45) is 1.67. The molecule has 0 saturated heterocycles. The standard InChI is InChI=1S/C12H11BrClFN2O/c1-2-3-9(14)11-16-12(18-17-11)8-5-4-7(13)6-10(8)15/h4-6,9H,2-3H2,1H3. The number of halogens is 3. The fraction of sp³-hybridized carbons (Fsp3) is 0.333. The number of hydrogen-bond donors (Lipinski definition) is 0. The molecule has 96 valence electrons. The molecule has 0 aliphatic rings. The molecular weight excluding hydrogens is 322 g/mol. The summed E-state index contributed by atoms with van der Waals surface area (Å²) >= 11 is 9.28. The second-order valence-corrected chi connectivity index (χ2v) is 5.28. The van der Waals surface area contributed by atoms with Crippen LogP contribution in [-0.2, 0) is 0 Å². The van der Waals surface area contributed by atoms with Crippen LogP contribution in [0.3, 0.4) is 0 Å². The molecule has 0 aliphatic carbocycles. The maximum absolute atomic E-state index is 13.7. The highest BCUT2D eigenvalue weighted by atomic mass is 79.9. The van der Waals surface area contributed by atoms with E-state index < -0.39 is 5.82 Å². The number of rotatable bonds is 4. The van der Waals surface area contributed by atoms with Crippen LogP contribution in [0.1, 0.15) is 31.0 Å². The quantitative estimate of drug-likeness (QED) is 0.760. The van der Waals surface area contributed by atoms with Gasteiger partial charge in [-0.1, -0.05) is 34.4 Å². The first-order valence-corrected chi connectivity index (χ1v) is 6.78. The Morgan fingerprint density at radius 3 is 2.94 bits per heavy atom. The predicted molar refractivity (Wildman–Crippen MR) is 70.9 cm³/mol. The van der Waals surface area contributed by atoms with Crippen molar-refractivity contribution in [3.63, 3.8) is 0 Å². The molecule has 0 aliphatic heterocycles. The van der Waals surface area contributed by atoms with Crippen molar-refractivity contribution in [2.75, 3.05) is 0 Å². The molecule has 2 rings (SSSR count). The van der Waals surface area contributed by atoms with Crippen molar-refractivity contribution in [3.8, 4) is 11.5 Å². The average Bonchev–Trinajstić information content (AvgIpc) is 2.78. The second kappa shape index (κ2) is 5.80. The molecule has 6 heteroatoms. The molecule has 0 fully saturated rings. The number of nitrogens with zero attached hydrogens (tertiary/aromatic N) is 2. The van der Waals surface area contributed by atoms with Crippen LogP contribution in [0.5, 0.6) is 0 Å². The first-order chi connectivity index (χ1) is 8.61. The lowest BCUT2D eigenvalue weighted by atomic mass is 10.2. The van der Waals surface area contributed by atoms with Gasteiger partial charge in [-0.3, -0.25) is 0 Å². The number of hydrogen-bond acceptors (Lipinski definition) is 3. The highest BCUT2D eigenvalue weighted by Gasteiger charge is 2.18. The third kappa shape index (κ3) is 2.90. The lowest BCUT2D eigenvalue weighted by Gasteiger charge is -2.00. The van der Waals surface area contributed by atoms with Gasteiger partial charge in [-0.25, -0.2) is 4.39 Å². The molecule has 1 aromatic carbocycles. The fourth-order valence-electron chi connectivity index (χ4n) is 1.52. The fourth-order valence-corrected chi connectivity index (χ4v) is 2.16. The smallest absolute Gasteiger partial charge is 0.260 e. The maximum Gasteiger partial charge on any atom is 0.260 e. The van der Waals surface area contributed by atoms with Crippen LogP contribution in [0.25, 0.3) is 11.5 Å². The van der Waals surface area contributed by atoms with Gasteiger partial charge in [0.1, 0.15) is 5.82 Å². The van der Waals surface area contributed by atoms with Gasteiger partial charge in [0.2, 0.25) is 0 Å². The molecule has 0 spiro atoms. The topological polar surface area (TPSA) is 38.9 Å². The third-order valence-corrected chi connectivity index (χ3v) is 3.33. The zero-order valence-corrected chi connectivity index (χ0v) is 12.0. The van der Waals surface area contributed by atoms with Crippen LogP contribution in [0.2, 0.25) is 0 Å². The molecule has 0 bridgehead atoms. The molecular formula is C12H11BrClFN2O. The van der Waals surface area contributed by atoms with Crippen molar-refractivity contribution in [1.29, 1.82) is 0 Å². The number of alkyl halides is 1. The summed E-state index contributed by atoms with van der Waals surface area (Å²) in [4.78, 5) is 4.12. The van der Waals surface area contributed by atoms with Crippen molar-refractivity contribution in [2.24, 2.45) is 0 Å². The first kappa shape index (κ1) is 13.5. The van der Waals surface area contributed by atoms with Crippen LogP contribution >= 0.6 is 27.5 Å². The average molecular weight is 334 g/mol. The van der Waals surface area contributed by atoms with Crippen LogP contribution in [0.4, 0.5) is 4.39 Å². The Morgan fingerprint density at radius 1 is 1.50 bits per heavy atom. The van der Waals surface area contributed by atoms with Crippen molar-refractivity contribution < 1.29 is 8.91 Å². The van der Waals surface area contributed by atoms with Crippen LogP contribution in [-0.4, -0.2) is 10.1 Å². The van der Waals surface area contributed by atoms with Gasteiger partial charge < -0.3 is 4.52 Å². The zero-order chi connectivity index (χ0) is 13.1. The summed E-state index contributed by atoms with van der Waals surface area (Å²) in [6, 6.07) is 4.65. The molecule has 18 heavy (non-hydrogen) atoms. The lowest BCUT2D eigenvalue weighted by Crippen LogP contribution is -1.92. The van der Waals surface area contributed by atoms with Gasteiger partial charge in [0.05, 0.1) is 10.9 Å². The molecule has 1 unspecified atom stereocenters. The van der Waals surface area contributed by atoms with Gasteiger partial charge in [0.25, 0.3) is 5.89 Å². The Labute approximate surface area is 117 Å². The van der Waals surface area contributed by atoms with Crippen LogP contribution in [0, 0.1) is 5.82 Å². The number of benzene rings is 1. The van der Waals surface area contributed by atoms with E-state index >= 15 is 0 Å². The van der Waals surface area contributed by atoms with E-state index in [1.807, 2.05) is 6.92 Å². The molecule has 1 atom stereocenters. The SMILES string of the molecule is CCCC(Cl)c1noc(-c2ccc(Br)cc2F)n1. The van der Waals surface area contributed by atoms with E-state index in [9.17, 15) is 4.39 Å². The zero-order valence-electron chi connectivity index (χ0n) is 9.66. The van der Waals surface area contributed by atoms with Gasteiger partial charge in [-0.05, 0) is 24.6 Å². The van der Waals surface area contributed by atoms with Gasteiger partial charge in [-0.2, -0.15) is 4.98 Å². The molecule has 0 saturated carbocycles. The monoisotopic (exact) mass is 332 g/mol. The molecule has 2 aromatic rings. The van der Waals surface area contributed by atoms with E-state index in [2.05, 4.69) is 26.1 Å². The van der Waals surface area contributed by atoms with E-state index in [0.29, 0.717) is 10.3 Å². The molecule has 0 amide bonds. The van der Waals surface area contributed by atoms with E-state index in [1.54, 1.807) is 12.1 Å². The highest BCUT2D eigenvalue weighted by molar-refractivity contribution is 9.10. The van der Waals surface area contributed by atoms with E-state index in [-0.39, 0.29) is 16.8 Å². The predicted octanol–water partition coefficient (Wildman–Crippen LogP) is 4.72.